The van der Waals surface area contributed by atoms with Crippen LogP contribution in [0.5, 0.6) is 0 Å². The Balaban J connectivity index is 2.60. The molecule has 1 aliphatic rings. The molecule has 0 fully saturated rings. The lowest BCUT2D eigenvalue weighted by atomic mass is 9.85. The van der Waals surface area contributed by atoms with Crippen LogP contribution in [0.2, 0.25) is 0 Å². The largest absolute Gasteiger partial charge is 0.469 e. The molecule has 0 aliphatic heterocycles. The van der Waals surface area contributed by atoms with E-state index in [2.05, 4.69) is 37.8 Å². The number of allylic oxidation sites excluding steroid dienone is 7. The lowest BCUT2D eigenvalue weighted by molar-refractivity contribution is -0.153. The summed E-state index contributed by atoms with van der Waals surface area (Å²) in [6.45, 7) is 12.3. The fraction of sp³-hybridized carbons (Fsp3) is 0.630. The van der Waals surface area contributed by atoms with Gasteiger partial charge in [-0.25, -0.2) is 0 Å². The van der Waals surface area contributed by atoms with Crippen molar-refractivity contribution >= 4 is 11.9 Å². The van der Waals surface area contributed by atoms with Gasteiger partial charge in [-0.2, -0.15) is 0 Å². The second-order valence-corrected chi connectivity index (χ2v) is 9.53. The molecule has 0 N–H and O–H groups in total. The zero-order chi connectivity index (χ0) is 23.3. The van der Waals surface area contributed by atoms with Crippen molar-refractivity contribution in [3.05, 3.63) is 47.6 Å². The summed E-state index contributed by atoms with van der Waals surface area (Å²) in [6.07, 6.45) is 17.2. The minimum absolute atomic E-state index is 0.145. The molecule has 0 unspecified atom stereocenters. The third kappa shape index (κ3) is 11.8. The molecule has 4 nitrogen and oxygen atoms in total. The van der Waals surface area contributed by atoms with Crippen molar-refractivity contribution in [3.63, 3.8) is 0 Å². The molecule has 0 aromatic rings. The number of esters is 2. The third-order valence-corrected chi connectivity index (χ3v) is 5.53. The van der Waals surface area contributed by atoms with E-state index in [4.69, 9.17) is 9.47 Å². The molecular formula is C27H42O4. The number of hydrogen-bond donors (Lipinski definition) is 0. The summed E-state index contributed by atoms with van der Waals surface area (Å²) in [5.74, 6) is 0.300. The molecule has 0 amide bonds. The molecule has 0 bridgehead atoms. The topological polar surface area (TPSA) is 52.6 Å². The van der Waals surface area contributed by atoms with E-state index < -0.39 is 5.41 Å². The summed E-state index contributed by atoms with van der Waals surface area (Å²) < 4.78 is 10.1. The van der Waals surface area contributed by atoms with Crippen LogP contribution in [-0.2, 0) is 19.1 Å². The van der Waals surface area contributed by atoms with Crippen LogP contribution in [0.25, 0.3) is 0 Å². The van der Waals surface area contributed by atoms with Gasteiger partial charge in [-0.15, -0.1) is 0 Å². The van der Waals surface area contributed by atoms with Crippen molar-refractivity contribution in [1.29, 1.82) is 0 Å². The Morgan fingerprint density at radius 3 is 2.52 bits per heavy atom. The molecule has 174 valence electrons. The first kappa shape index (κ1) is 26.9. The van der Waals surface area contributed by atoms with Gasteiger partial charge in [-0.05, 0) is 90.6 Å². The molecule has 31 heavy (non-hydrogen) atoms. The zero-order valence-corrected chi connectivity index (χ0v) is 20.3. The van der Waals surface area contributed by atoms with Gasteiger partial charge in [-0.3, -0.25) is 9.59 Å². The van der Waals surface area contributed by atoms with E-state index in [1.807, 2.05) is 20.8 Å². The standard InChI is InChI=1S/C27H42O4/c1-21(2)24-17-15-23(16-18-24)20-22(12-8-7-9-14-25(28)30-6)13-10-11-19-31-26(29)27(3,4)5/h8,12,15,20,24H,1,7,9-11,13-14,16-19H2,2-6H3/b12-8+,22-20-/t24-/m1/s1. The average molecular weight is 431 g/mol. The van der Waals surface area contributed by atoms with Crippen molar-refractivity contribution in [2.24, 2.45) is 11.3 Å². The van der Waals surface area contributed by atoms with Crippen LogP contribution in [0.15, 0.2) is 47.6 Å². The molecule has 4 heteroatoms. The lowest BCUT2D eigenvalue weighted by Gasteiger charge is -2.21. The first-order valence-corrected chi connectivity index (χ1v) is 11.6. The van der Waals surface area contributed by atoms with Crippen LogP contribution in [0.4, 0.5) is 0 Å². The second kappa shape index (κ2) is 14.1. The number of hydrogen-bond acceptors (Lipinski definition) is 4. The Kier molecular flexibility index (Phi) is 12.2. The highest BCUT2D eigenvalue weighted by Gasteiger charge is 2.22. The highest BCUT2D eigenvalue weighted by atomic mass is 16.5. The van der Waals surface area contributed by atoms with Gasteiger partial charge in [0.15, 0.2) is 0 Å². The minimum Gasteiger partial charge on any atom is -0.469 e. The van der Waals surface area contributed by atoms with E-state index in [-0.39, 0.29) is 11.9 Å². The average Bonchev–Trinajstić information content (AvgIpc) is 2.72. The highest BCUT2D eigenvalue weighted by Crippen LogP contribution is 2.30. The normalized spacial score (nSPS) is 17.4. The zero-order valence-electron chi connectivity index (χ0n) is 20.3. The number of ether oxygens (including phenoxy) is 2. The smallest absolute Gasteiger partial charge is 0.311 e. The summed E-state index contributed by atoms with van der Waals surface area (Å²) in [5.41, 5.74) is 3.51. The van der Waals surface area contributed by atoms with E-state index in [0.717, 1.165) is 51.4 Å². The van der Waals surface area contributed by atoms with Crippen molar-refractivity contribution < 1.29 is 19.1 Å². The van der Waals surface area contributed by atoms with Gasteiger partial charge in [0, 0.05) is 6.42 Å². The molecule has 0 spiro atoms. The SMILES string of the molecule is C=C(C)[C@@H]1CC=C(/C=C(/C=C/CCCC(=O)OC)CCCCOC(=O)C(C)(C)C)CC1. The van der Waals surface area contributed by atoms with Crippen LogP contribution < -0.4 is 0 Å². The molecule has 0 saturated carbocycles. The minimum atomic E-state index is -0.451. The number of carbonyl (C=O) groups excluding carboxylic acids is 2. The molecule has 0 saturated heterocycles. The Hall–Kier alpha value is -2.10. The second-order valence-electron chi connectivity index (χ2n) is 9.53. The monoisotopic (exact) mass is 430 g/mol. The van der Waals surface area contributed by atoms with E-state index in [1.165, 1.54) is 23.8 Å². The molecule has 1 aliphatic carbocycles. The predicted molar refractivity (Wildman–Crippen MR) is 128 cm³/mol. The maximum Gasteiger partial charge on any atom is 0.311 e. The van der Waals surface area contributed by atoms with Gasteiger partial charge in [0.25, 0.3) is 0 Å². The Morgan fingerprint density at radius 1 is 1.19 bits per heavy atom. The summed E-state index contributed by atoms with van der Waals surface area (Å²) in [5, 5.41) is 0. The first-order valence-electron chi connectivity index (χ1n) is 11.6. The van der Waals surface area contributed by atoms with Crippen molar-refractivity contribution in [2.75, 3.05) is 13.7 Å². The summed E-state index contributed by atoms with van der Waals surface area (Å²) in [7, 11) is 1.42. The summed E-state index contributed by atoms with van der Waals surface area (Å²) in [6, 6.07) is 0. The lowest BCUT2D eigenvalue weighted by Crippen LogP contribution is -2.23. The van der Waals surface area contributed by atoms with Crippen LogP contribution in [0, 0.1) is 11.3 Å². The fourth-order valence-electron chi connectivity index (χ4n) is 3.39. The summed E-state index contributed by atoms with van der Waals surface area (Å²) in [4.78, 5) is 23.1. The van der Waals surface area contributed by atoms with Crippen molar-refractivity contribution in [3.8, 4) is 0 Å². The van der Waals surface area contributed by atoms with Crippen LogP contribution in [-0.4, -0.2) is 25.7 Å². The molecule has 0 radical (unpaired) electrons. The van der Waals surface area contributed by atoms with Crippen molar-refractivity contribution in [1.82, 2.24) is 0 Å². The quantitative estimate of drug-likeness (QED) is 0.147. The van der Waals surface area contributed by atoms with Gasteiger partial charge in [0.2, 0.25) is 0 Å². The maximum absolute atomic E-state index is 11.9. The fourth-order valence-corrected chi connectivity index (χ4v) is 3.39. The van der Waals surface area contributed by atoms with E-state index in [1.54, 1.807) is 0 Å². The molecule has 1 atom stereocenters. The molecule has 0 aromatic heterocycles. The van der Waals surface area contributed by atoms with Gasteiger partial charge >= 0.3 is 11.9 Å². The maximum atomic E-state index is 11.9. The van der Waals surface area contributed by atoms with Crippen LogP contribution in [0.3, 0.4) is 0 Å². The van der Waals surface area contributed by atoms with E-state index in [0.29, 0.717) is 18.9 Å². The molecule has 0 heterocycles. The number of rotatable bonds is 12. The van der Waals surface area contributed by atoms with E-state index >= 15 is 0 Å². The van der Waals surface area contributed by atoms with Crippen LogP contribution >= 0.6 is 0 Å². The van der Waals surface area contributed by atoms with Crippen LogP contribution in [0.1, 0.15) is 85.5 Å². The predicted octanol–water partition coefficient (Wildman–Crippen LogP) is 6.87. The van der Waals surface area contributed by atoms with Gasteiger partial charge in [0.1, 0.15) is 0 Å². The van der Waals surface area contributed by atoms with E-state index in [9.17, 15) is 9.59 Å². The first-order chi connectivity index (χ1) is 14.6. The Labute approximate surface area is 189 Å². The number of carbonyl (C=O) groups is 2. The van der Waals surface area contributed by atoms with Gasteiger partial charge in [0.05, 0.1) is 19.1 Å². The Bertz CT molecular complexity index is 689. The highest BCUT2D eigenvalue weighted by molar-refractivity contribution is 5.75. The van der Waals surface area contributed by atoms with Crippen molar-refractivity contribution in [2.45, 2.75) is 85.5 Å². The Morgan fingerprint density at radius 2 is 1.94 bits per heavy atom. The molecular weight excluding hydrogens is 388 g/mol. The summed E-state index contributed by atoms with van der Waals surface area (Å²) >= 11 is 0. The van der Waals surface area contributed by atoms with Gasteiger partial charge in [-0.1, -0.05) is 42.0 Å². The molecule has 1 rings (SSSR count). The number of unbranched alkanes of at least 4 members (excludes halogenated alkanes) is 2. The molecule has 0 aromatic carbocycles. The van der Waals surface area contributed by atoms with Gasteiger partial charge < -0.3 is 9.47 Å². The third-order valence-electron chi connectivity index (χ3n) is 5.53. The number of methoxy groups -OCH3 is 1.